The molecule has 9 heteroatoms. The first-order chi connectivity index (χ1) is 12.2. The molecule has 1 heterocycles. The van der Waals surface area contributed by atoms with Crippen molar-refractivity contribution in [3.05, 3.63) is 41.8 Å². The Morgan fingerprint density at radius 2 is 1.73 bits per heavy atom. The normalized spacial score (nSPS) is 20.2. The van der Waals surface area contributed by atoms with E-state index in [1.54, 1.807) is 0 Å². The number of benzene rings is 1. The topological polar surface area (TPSA) is 81.1 Å². The summed E-state index contributed by atoms with van der Waals surface area (Å²) in [5.41, 5.74) is 8.06. The zero-order chi connectivity index (χ0) is 19.3. The number of halogens is 4. The zero-order valence-corrected chi connectivity index (χ0v) is 14.5. The van der Waals surface area contributed by atoms with Gasteiger partial charge in [0.25, 0.3) is 0 Å². The second-order valence-corrected chi connectivity index (χ2v) is 6.52. The van der Waals surface area contributed by atoms with E-state index in [2.05, 4.69) is 15.7 Å². The SMILES string of the molecule is NC1CCC(n2cnc(-c3ccc(Cl)cc3)c2)CC1.O=C(O)C(F)(F)F. The monoisotopic (exact) mass is 389 g/mol. The molecule has 1 fully saturated rings. The molecule has 1 aromatic heterocycles. The molecule has 2 aromatic rings. The van der Waals surface area contributed by atoms with Crippen molar-refractivity contribution in [1.82, 2.24) is 9.55 Å². The van der Waals surface area contributed by atoms with Crippen LogP contribution >= 0.6 is 11.6 Å². The molecule has 1 aromatic carbocycles. The maximum absolute atomic E-state index is 10.6. The molecule has 5 nitrogen and oxygen atoms in total. The van der Waals surface area contributed by atoms with Gasteiger partial charge in [0.05, 0.1) is 12.0 Å². The van der Waals surface area contributed by atoms with Crippen molar-refractivity contribution in [2.24, 2.45) is 5.73 Å². The molecule has 0 unspecified atom stereocenters. The van der Waals surface area contributed by atoms with Crippen molar-refractivity contribution in [1.29, 1.82) is 0 Å². The molecule has 0 bridgehead atoms. The van der Waals surface area contributed by atoms with Crippen LogP contribution in [0.25, 0.3) is 11.3 Å². The third kappa shape index (κ3) is 5.74. The van der Waals surface area contributed by atoms with E-state index >= 15 is 0 Å². The number of nitrogens with two attached hydrogens (primary N) is 1. The molecule has 3 N–H and O–H groups in total. The summed E-state index contributed by atoms with van der Waals surface area (Å²) in [7, 11) is 0. The van der Waals surface area contributed by atoms with E-state index in [1.807, 2.05) is 30.6 Å². The second kappa shape index (κ2) is 8.55. The summed E-state index contributed by atoms with van der Waals surface area (Å²) in [6.07, 6.45) is 3.50. The fourth-order valence-corrected chi connectivity index (χ4v) is 2.83. The summed E-state index contributed by atoms with van der Waals surface area (Å²) in [5, 5.41) is 7.88. The highest BCUT2D eigenvalue weighted by molar-refractivity contribution is 6.30. The molecule has 0 amide bonds. The number of rotatable bonds is 2. The fourth-order valence-electron chi connectivity index (χ4n) is 2.71. The molecule has 0 spiro atoms. The van der Waals surface area contributed by atoms with Crippen LogP contribution in [0, 0.1) is 0 Å². The van der Waals surface area contributed by atoms with E-state index in [9.17, 15) is 13.2 Å². The number of nitrogens with zero attached hydrogens (tertiary/aromatic N) is 2. The molecule has 3 rings (SSSR count). The van der Waals surface area contributed by atoms with Gasteiger partial charge in [-0.3, -0.25) is 0 Å². The van der Waals surface area contributed by atoms with Gasteiger partial charge in [-0.05, 0) is 37.8 Å². The lowest BCUT2D eigenvalue weighted by atomic mass is 9.92. The number of carboxylic acid groups (broad SMARTS) is 1. The predicted octanol–water partition coefficient (Wildman–Crippen LogP) is 4.28. The second-order valence-electron chi connectivity index (χ2n) is 6.08. The number of carboxylic acids is 1. The Hall–Kier alpha value is -2.06. The van der Waals surface area contributed by atoms with E-state index in [1.165, 1.54) is 0 Å². The van der Waals surface area contributed by atoms with E-state index < -0.39 is 12.1 Å². The first-order valence-corrected chi connectivity index (χ1v) is 8.39. The van der Waals surface area contributed by atoms with E-state index in [-0.39, 0.29) is 0 Å². The molecule has 0 aliphatic heterocycles. The number of aliphatic carboxylic acids is 1. The summed E-state index contributed by atoms with van der Waals surface area (Å²) < 4.78 is 34.0. The van der Waals surface area contributed by atoms with Gasteiger partial charge < -0.3 is 15.4 Å². The van der Waals surface area contributed by atoms with Gasteiger partial charge in [-0.15, -0.1) is 0 Å². The summed E-state index contributed by atoms with van der Waals surface area (Å²) in [4.78, 5) is 13.4. The first kappa shape index (κ1) is 20.3. The number of imidazole rings is 1. The van der Waals surface area contributed by atoms with Crippen LogP contribution in [-0.4, -0.2) is 32.8 Å². The fraction of sp³-hybridized carbons (Fsp3) is 0.412. The molecule has 142 valence electrons. The van der Waals surface area contributed by atoms with Gasteiger partial charge in [0.15, 0.2) is 0 Å². The molecule has 0 saturated heterocycles. The van der Waals surface area contributed by atoms with Crippen LogP contribution < -0.4 is 5.73 Å². The summed E-state index contributed by atoms with van der Waals surface area (Å²) in [6.45, 7) is 0. The summed E-state index contributed by atoms with van der Waals surface area (Å²) in [5.74, 6) is -2.76. The van der Waals surface area contributed by atoms with Crippen molar-refractivity contribution in [2.75, 3.05) is 0 Å². The lowest BCUT2D eigenvalue weighted by Crippen LogP contribution is -2.27. The summed E-state index contributed by atoms with van der Waals surface area (Å²) in [6, 6.07) is 8.74. The Labute approximate surface area is 153 Å². The van der Waals surface area contributed by atoms with Crippen LogP contribution in [0.1, 0.15) is 31.7 Å². The van der Waals surface area contributed by atoms with Crippen molar-refractivity contribution >= 4 is 17.6 Å². The minimum absolute atomic E-state index is 0.385. The van der Waals surface area contributed by atoms with Crippen LogP contribution in [0.3, 0.4) is 0 Å². The van der Waals surface area contributed by atoms with Crippen LogP contribution in [0.15, 0.2) is 36.8 Å². The Morgan fingerprint density at radius 3 is 2.23 bits per heavy atom. The van der Waals surface area contributed by atoms with Gasteiger partial charge in [0.2, 0.25) is 0 Å². The standard InChI is InChI=1S/C15H18ClN3.C2HF3O2/c16-12-3-1-11(2-4-12)15-9-19(10-18-15)14-7-5-13(17)6-8-14;3-2(4,5)1(6)7/h1-4,9-10,13-14H,5-8,17H2;(H,6,7). The molecular formula is C17H19ClF3N3O2. The van der Waals surface area contributed by atoms with Crippen LogP contribution in [0.2, 0.25) is 5.02 Å². The quantitative estimate of drug-likeness (QED) is 0.803. The molecule has 1 aliphatic carbocycles. The van der Waals surface area contributed by atoms with Gasteiger partial charge in [-0.2, -0.15) is 13.2 Å². The van der Waals surface area contributed by atoms with Crippen molar-refractivity contribution in [3.8, 4) is 11.3 Å². The van der Waals surface area contributed by atoms with Gasteiger partial charge >= 0.3 is 12.1 Å². The zero-order valence-electron chi connectivity index (χ0n) is 13.8. The minimum Gasteiger partial charge on any atom is -0.475 e. The molecular weight excluding hydrogens is 371 g/mol. The number of hydrogen-bond donors (Lipinski definition) is 2. The Kier molecular flexibility index (Phi) is 6.66. The van der Waals surface area contributed by atoms with Crippen molar-refractivity contribution in [3.63, 3.8) is 0 Å². The number of carbonyl (C=O) groups is 1. The van der Waals surface area contributed by atoms with E-state index in [4.69, 9.17) is 27.2 Å². The Morgan fingerprint density at radius 1 is 1.19 bits per heavy atom. The molecule has 1 saturated carbocycles. The van der Waals surface area contributed by atoms with Crippen molar-refractivity contribution in [2.45, 2.75) is 43.9 Å². The average molecular weight is 390 g/mol. The Balaban J connectivity index is 0.000000298. The lowest BCUT2D eigenvalue weighted by Gasteiger charge is -2.26. The molecule has 0 radical (unpaired) electrons. The third-order valence-electron chi connectivity index (χ3n) is 4.15. The third-order valence-corrected chi connectivity index (χ3v) is 4.40. The van der Waals surface area contributed by atoms with Gasteiger partial charge in [-0.25, -0.2) is 9.78 Å². The predicted molar refractivity (Wildman–Crippen MR) is 91.8 cm³/mol. The number of aromatic nitrogens is 2. The van der Waals surface area contributed by atoms with Gasteiger partial charge in [0, 0.05) is 28.9 Å². The van der Waals surface area contributed by atoms with Crippen LogP contribution in [0.5, 0.6) is 0 Å². The smallest absolute Gasteiger partial charge is 0.475 e. The highest BCUT2D eigenvalue weighted by Crippen LogP contribution is 2.29. The van der Waals surface area contributed by atoms with Gasteiger partial charge in [0.1, 0.15) is 0 Å². The van der Waals surface area contributed by atoms with Crippen LogP contribution in [0.4, 0.5) is 13.2 Å². The summed E-state index contributed by atoms with van der Waals surface area (Å²) >= 11 is 5.90. The highest BCUT2D eigenvalue weighted by Gasteiger charge is 2.38. The lowest BCUT2D eigenvalue weighted by molar-refractivity contribution is -0.192. The maximum Gasteiger partial charge on any atom is 0.490 e. The largest absolute Gasteiger partial charge is 0.490 e. The molecule has 1 aliphatic rings. The highest BCUT2D eigenvalue weighted by atomic mass is 35.5. The average Bonchev–Trinajstić information content (AvgIpc) is 3.06. The number of hydrogen-bond acceptors (Lipinski definition) is 3. The van der Waals surface area contributed by atoms with Crippen LogP contribution in [-0.2, 0) is 4.79 Å². The van der Waals surface area contributed by atoms with Crippen molar-refractivity contribution < 1.29 is 23.1 Å². The van der Waals surface area contributed by atoms with E-state index in [0.717, 1.165) is 42.0 Å². The molecule has 0 atom stereocenters. The Bertz CT molecular complexity index is 724. The van der Waals surface area contributed by atoms with Gasteiger partial charge in [-0.1, -0.05) is 23.7 Å². The minimum atomic E-state index is -5.08. The molecule has 26 heavy (non-hydrogen) atoms. The van der Waals surface area contributed by atoms with E-state index in [0.29, 0.717) is 12.1 Å². The number of alkyl halides is 3. The first-order valence-electron chi connectivity index (χ1n) is 8.02. The maximum atomic E-state index is 10.6.